The third-order valence-corrected chi connectivity index (χ3v) is 4.73. The number of rotatable bonds is 7. The number of hydrogen-bond acceptors (Lipinski definition) is 4. The number of ether oxygens (including phenoxy) is 1. The predicted octanol–water partition coefficient (Wildman–Crippen LogP) is 0.944. The van der Waals surface area contributed by atoms with Crippen LogP contribution in [0.25, 0.3) is 0 Å². The highest BCUT2D eigenvalue weighted by atomic mass is 79.9. The van der Waals surface area contributed by atoms with E-state index in [-0.39, 0.29) is 17.8 Å². The van der Waals surface area contributed by atoms with Gasteiger partial charge in [0.15, 0.2) is 0 Å². The summed E-state index contributed by atoms with van der Waals surface area (Å²) in [5.41, 5.74) is 0. The standard InChI is InChI=1S/C8H16BrNO4S/c1-3-5-10(15(12,13)7-9)6-8(11)14-4-2/h3-7H2,1-2H3. The summed E-state index contributed by atoms with van der Waals surface area (Å²) in [7, 11) is -3.39. The highest BCUT2D eigenvalue weighted by Crippen LogP contribution is 2.06. The second-order valence-electron chi connectivity index (χ2n) is 2.86. The van der Waals surface area contributed by atoms with E-state index in [0.29, 0.717) is 13.0 Å². The van der Waals surface area contributed by atoms with Crippen LogP contribution in [-0.4, -0.2) is 43.1 Å². The van der Waals surface area contributed by atoms with Gasteiger partial charge in [0.2, 0.25) is 10.0 Å². The Morgan fingerprint density at radius 2 is 2.00 bits per heavy atom. The Labute approximate surface area is 99.0 Å². The predicted molar refractivity (Wildman–Crippen MR) is 61.2 cm³/mol. The lowest BCUT2D eigenvalue weighted by Crippen LogP contribution is -2.37. The number of carbonyl (C=O) groups is 1. The third-order valence-electron chi connectivity index (χ3n) is 1.62. The molecule has 0 bridgehead atoms. The SMILES string of the molecule is CCCN(CC(=O)OCC)S(=O)(=O)CBr. The molecule has 0 rings (SSSR count). The average Bonchev–Trinajstić information content (AvgIpc) is 2.17. The molecule has 0 aliphatic heterocycles. The Morgan fingerprint density at radius 1 is 1.40 bits per heavy atom. The number of hydrogen-bond donors (Lipinski definition) is 0. The van der Waals surface area contributed by atoms with Gasteiger partial charge in [-0.2, -0.15) is 4.31 Å². The second-order valence-corrected chi connectivity index (χ2v) is 6.13. The van der Waals surface area contributed by atoms with Gasteiger partial charge in [0.05, 0.1) is 6.61 Å². The van der Waals surface area contributed by atoms with Crippen LogP contribution in [0.5, 0.6) is 0 Å². The minimum absolute atomic E-state index is 0.181. The van der Waals surface area contributed by atoms with Gasteiger partial charge in [-0.05, 0) is 13.3 Å². The first kappa shape index (κ1) is 14.9. The van der Waals surface area contributed by atoms with E-state index >= 15 is 0 Å². The number of nitrogens with zero attached hydrogens (tertiary/aromatic N) is 1. The van der Waals surface area contributed by atoms with Crippen molar-refractivity contribution in [2.24, 2.45) is 0 Å². The summed E-state index contributed by atoms with van der Waals surface area (Å²) in [4.78, 5) is 11.1. The van der Waals surface area contributed by atoms with Crippen molar-refractivity contribution in [2.75, 3.05) is 24.4 Å². The van der Waals surface area contributed by atoms with Crippen LogP contribution in [0.2, 0.25) is 0 Å². The topological polar surface area (TPSA) is 63.7 Å². The fourth-order valence-electron chi connectivity index (χ4n) is 0.986. The van der Waals surface area contributed by atoms with Crippen LogP contribution in [0.15, 0.2) is 0 Å². The minimum atomic E-state index is -3.39. The van der Waals surface area contributed by atoms with Gasteiger partial charge in [-0.15, -0.1) is 0 Å². The smallest absolute Gasteiger partial charge is 0.321 e. The monoisotopic (exact) mass is 301 g/mol. The second kappa shape index (κ2) is 7.19. The molecule has 90 valence electrons. The summed E-state index contributed by atoms with van der Waals surface area (Å²) in [5, 5.41) is 0. The van der Waals surface area contributed by atoms with Crippen molar-refractivity contribution in [2.45, 2.75) is 20.3 Å². The maximum Gasteiger partial charge on any atom is 0.321 e. The van der Waals surface area contributed by atoms with Crippen molar-refractivity contribution in [3.8, 4) is 0 Å². The van der Waals surface area contributed by atoms with Gasteiger partial charge < -0.3 is 4.74 Å². The molecule has 0 aliphatic carbocycles. The van der Waals surface area contributed by atoms with Crippen LogP contribution < -0.4 is 0 Å². The lowest BCUT2D eigenvalue weighted by Gasteiger charge is -2.18. The van der Waals surface area contributed by atoms with Gasteiger partial charge in [0, 0.05) is 6.54 Å². The lowest BCUT2D eigenvalue weighted by molar-refractivity contribution is -0.143. The largest absolute Gasteiger partial charge is 0.465 e. The van der Waals surface area contributed by atoms with E-state index in [4.69, 9.17) is 4.74 Å². The average molecular weight is 302 g/mol. The van der Waals surface area contributed by atoms with Crippen LogP contribution in [0.1, 0.15) is 20.3 Å². The first-order valence-electron chi connectivity index (χ1n) is 4.67. The van der Waals surface area contributed by atoms with Crippen molar-refractivity contribution < 1.29 is 17.9 Å². The first-order chi connectivity index (χ1) is 6.97. The van der Waals surface area contributed by atoms with E-state index in [1.165, 1.54) is 0 Å². The van der Waals surface area contributed by atoms with Crippen LogP contribution in [-0.2, 0) is 19.6 Å². The van der Waals surface area contributed by atoms with Crippen molar-refractivity contribution in [1.82, 2.24) is 4.31 Å². The molecule has 0 spiro atoms. The molecular weight excluding hydrogens is 286 g/mol. The van der Waals surface area contributed by atoms with Crippen molar-refractivity contribution in [1.29, 1.82) is 0 Å². The van der Waals surface area contributed by atoms with Crippen LogP contribution >= 0.6 is 15.9 Å². The molecule has 0 atom stereocenters. The van der Waals surface area contributed by atoms with Crippen LogP contribution in [0, 0.1) is 0 Å². The van der Waals surface area contributed by atoms with Gasteiger partial charge in [0.1, 0.15) is 11.2 Å². The molecule has 0 unspecified atom stereocenters. The summed E-state index contributed by atoms with van der Waals surface area (Å²) in [6.07, 6.45) is 0.658. The normalized spacial score (nSPS) is 11.7. The van der Waals surface area contributed by atoms with Gasteiger partial charge in [-0.1, -0.05) is 22.9 Å². The number of halogens is 1. The van der Waals surface area contributed by atoms with Gasteiger partial charge in [-0.25, -0.2) is 8.42 Å². The van der Waals surface area contributed by atoms with E-state index in [2.05, 4.69) is 15.9 Å². The maximum absolute atomic E-state index is 11.5. The molecule has 7 heteroatoms. The molecule has 0 aromatic heterocycles. The maximum atomic E-state index is 11.5. The number of carbonyl (C=O) groups excluding carboxylic acids is 1. The highest BCUT2D eigenvalue weighted by Gasteiger charge is 2.22. The van der Waals surface area contributed by atoms with Gasteiger partial charge >= 0.3 is 5.97 Å². The zero-order valence-electron chi connectivity index (χ0n) is 8.90. The minimum Gasteiger partial charge on any atom is -0.465 e. The Balaban J connectivity index is 4.48. The van der Waals surface area contributed by atoms with Crippen molar-refractivity contribution in [3.05, 3.63) is 0 Å². The van der Waals surface area contributed by atoms with Gasteiger partial charge in [0.25, 0.3) is 0 Å². The molecular formula is C8H16BrNO4S. The Kier molecular flexibility index (Phi) is 7.12. The number of sulfonamides is 1. The summed E-state index contributed by atoms with van der Waals surface area (Å²) in [6.45, 7) is 3.90. The van der Waals surface area contributed by atoms with Crippen LogP contribution in [0.4, 0.5) is 0 Å². The third kappa shape index (κ3) is 5.48. The van der Waals surface area contributed by atoms with E-state index in [1.54, 1.807) is 6.92 Å². The molecule has 0 radical (unpaired) electrons. The van der Waals surface area contributed by atoms with Gasteiger partial charge in [-0.3, -0.25) is 4.79 Å². The fourth-order valence-corrected chi connectivity index (χ4v) is 2.76. The number of esters is 1. The molecule has 0 N–H and O–H groups in total. The number of alkyl halides is 1. The van der Waals surface area contributed by atoms with E-state index in [9.17, 15) is 13.2 Å². The van der Waals surface area contributed by atoms with E-state index in [0.717, 1.165) is 4.31 Å². The highest BCUT2D eigenvalue weighted by molar-refractivity contribution is 9.10. The molecule has 0 heterocycles. The van der Waals surface area contributed by atoms with Crippen molar-refractivity contribution in [3.63, 3.8) is 0 Å². The van der Waals surface area contributed by atoms with E-state index in [1.807, 2.05) is 6.92 Å². The molecule has 0 aromatic rings. The fraction of sp³-hybridized carbons (Fsp3) is 0.875. The summed E-state index contributed by atoms with van der Waals surface area (Å²) in [6, 6.07) is 0. The zero-order valence-corrected chi connectivity index (χ0v) is 11.3. The lowest BCUT2D eigenvalue weighted by atomic mass is 10.5. The Bertz CT molecular complexity index is 291. The summed E-state index contributed by atoms with van der Waals surface area (Å²) < 4.78 is 28.6. The molecule has 0 amide bonds. The quantitative estimate of drug-likeness (QED) is 0.519. The Morgan fingerprint density at radius 3 is 2.40 bits per heavy atom. The molecule has 5 nitrogen and oxygen atoms in total. The van der Waals surface area contributed by atoms with Crippen molar-refractivity contribution >= 4 is 31.9 Å². The van der Waals surface area contributed by atoms with Crippen LogP contribution in [0.3, 0.4) is 0 Å². The van der Waals surface area contributed by atoms with E-state index < -0.39 is 16.0 Å². The summed E-state index contributed by atoms with van der Waals surface area (Å²) >= 11 is 2.89. The molecule has 0 aliphatic rings. The molecule has 15 heavy (non-hydrogen) atoms. The molecule has 0 saturated carbocycles. The Hall–Kier alpha value is -0.140. The first-order valence-corrected chi connectivity index (χ1v) is 7.40. The zero-order chi connectivity index (χ0) is 11.9. The molecule has 0 aromatic carbocycles. The molecule has 0 saturated heterocycles. The molecule has 0 fully saturated rings. The summed E-state index contributed by atoms with van der Waals surface area (Å²) in [5.74, 6) is -0.518.